The average Bonchev–Trinajstić information content (AvgIpc) is 2.47. The fourth-order valence-electron chi connectivity index (χ4n) is 0.623. The minimum atomic E-state index is -0.488. The molecule has 0 spiro atoms. The quantitative estimate of drug-likeness (QED) is 0.607. The smallest absolute Gasteiger partial charge is 0.296 e. The summed E-state index contributed by atoms with van der Waals surface area (Å²) in [6.45, 7) is 1.86. The van der Waals surface area contributed by atoms with E-state index in [-0.39, 0.29) is 6.54 Å². The normalized spacial score (nSPS) is 9.00. The van der Waals surface area contributed by atoms with Gasteiger partial charge in [0, 0.05) is 6.92 Å². The molecule has 1 aromatic rings. The van der Waals surface area contributed by atoms with Gasteiger partial charge in [0.05, 0.1) is 6.54 Å². The number of carbonyl (C=O) groups excluding carboxylic acids is 1. The lowest BCUT2D eigenvalue weighted by Gasteiger charge is -1.92. The first-order chi connectivity index (χ1) is 5.72. The number of terminal acetylenes is 1. The molecule has 0 aliphatic rings. The van der Waals surface area contributed by atoms with Crippen LogP contribution in [-0.2, 0) is 11.3 Å². The number of aromatic nitrogens is 2. The molecule has 0 atom stereocenters. The summed E-state index contributed by atoms with van der Waals surface area (Å²) < 4.78 is 4.67. The first-order valence-electron chi connectivity index (χ1n) is 3.26. The molecule has 12 heavy (non-hydrogen) atoms. The standard InChI is InChI=1S/C7H7N3O2/c1-3-7(11)8-4-6-9-5(2)12-10-6/h1H,4H2,2H3,(H,8,11). The van der Waals surface area contributed by atoms with Crippen LogP contribution in [0.3, 0.4) is 0 Å². The lowest BCUT2D eigenvalue weighted by Crippen LogP contribution is -2.21. The number of hydrogen-bond donors (Lipinski definition) is 1. The summed E-state index contributed by atoms with van der Waals surface area (Å²) >= 11 is 0. The highest BCUT2D eigenvalue weighted by Crippen LogP contribution is 1.93. The Balaban J connectivity index is 2.44. The van der Waals surface area contributed by atoms with Crippen LogP contribution in [0, 0.1) is 19.3 Å². The molecule has 0 saturated heterocycles. The number of nitrogens with one attached hydrogen (secondary N) is 1. The van der Waals surface area contributed by atoms with E-state index in [9.17, 15) is 4.79 Å². The van der Waals surface area contributed by atoms with Gasteiger partial charge in [0.15, 0.2) is 5.82 Å². The Bertz CT molecular complexity index is 324. The molecule has 1 heterocycles. The number of aryl methyl sites for hydroxylation is 1. The van der Waals surface area contributed by atoms with E-state index < -0.39 is 5.91 Å². The van der Waals surface area contributed by atoms with Crippen LogP contribution >= 0.6 is 0 Å². The number of rotatable bonds is 2. The molecule has 1 aromatic heterocycles. The van der Waals surface area contributed by atoms with Crippen molar-refractivity contribution in [3.63, 3.8) is 0 Å². The molecule has 5 nitrogen and oxygen atoms in total. The van der Waals surface area contributed by atoms with Gasteiger partial charge in [-0.05, 0) is 5.92 Å². The first-order valence-corrected chi connectivity index (χ1v) is 3.26. The molecule has 0 aromatic carbocycles. The van der Waals surface area contributed by atoms with E-state index >= 15 is 0 Å². The molecule has 5 heteroatoms. The molecule has 62 valence electrons. The highest BCUT2D eigenvalue weighted by molar-refractivity contribution is 5.92. The van der Waals surface area contributed by atoms with Gasteiger partial charge < -0.3 is 9.84 Å². The highest BCUT2D eigenvalue weighted by atomic mass is 16.5. The summed E-state index contributed by atoms with van der Waals surface area (Å²) in [7, 11) is 0. The topological polar surface area (TPSA) is 68.0 Å². The van der Waals surface area contributed by atoms with Gasteiger partial charge in [0.25, 0.3) is 5.91 Å². The third-order valence-corrected chi connectivity index (χ3v) is 1.11. The third-order valence-electron chi connectivity index (χ3n) is 1.11. The van der Waals surface area contributed by atoms with E-state index in [0.29, 0.717) is 11.7 Å². The Morgan fingerprint density at radius 3 is 3.08 bits per heavy atom. The van der Waals surface area contributed by atoms with Crippen LogP contribution in [0.15, 0.2) is 4.52 Å². The van der Waals surface area contributed by atoms with Crippen molar-refractivity contribution >= 4 is 5.91 Å². The summed E-state index contributed by atoms with van der Waals surface area (Å²) in [5.74, 6) is 2.29. The number of nitrogens with zero attached hydrogens (tertiary/aromatic N) is 2. The number of hydrogen-bond acceptors (Lipinski definition) is 4. The van der Waals surface area contributed by atoms with Crippen LogP contribution in [0.2, 0.25) is 0 Å². The zero-order chi connectivity index (χ0) is 8.97. The van der Waals surface area contributed by atoms with Crippen molar-refractivity contribution in [2.24, 2.45) is 0 Å². The van der Waals surface area contributed by atoms with Gasteiger partial charge in [0.1, 0.15) is 0 Å². The molecule has 0 aliphatic heterocycles. The molecule has 1 N–H and O–H groups in total. The summed E-state index contributed by atoms with van der Waals surface area (Å²) in [6, 6.07) is 0. The Hall–Kier alpha value is -1.83. The predicted molar refractivity (Wildman–Crippen MR) is 39.7 cm³/mol. The van der Waals surface area contributed by atoms with Crippen molar-refractivity contribution < 1.29 is 9.32 Å². The van der Waals surface area contributed by atoms with E-state index in [1.165, 1.54) is 0 Å². The molecule has 0 radical (unpaired) electrons. The van der Waals surface area contributed by atoms with E-state index in [0.717, 1.165) is 0 Å². The number of carbonyl (C=O) groups is 1. The van der Waals surface area contributed by atoms with Crippen molar-refractivity contribution in [1.29, 1.82) is 0 Å². The van der Waals surface area contributed by atoms with E-state index in [1.807, 2.05) is 5.92 Å². The Morgan fingerprint density at radius 2 is 2.58 bits per heavy atom. The maximum Gasteiger partial charge on any atom is 0.296 e. The second kappa shape index (κ2) is 3.53. The number of amides is 1. The maximum absolute atomic E-state index is 10.6. The molecule has 0 fully saturated rings. The predicted octanol–water partition coefficient (Wildman–Crippen LogP) is -0.373. The van der Waals surface area contributed by atoms with Gasteiger partial charge in [-0.2, -0.15) is 4.98 Å². The average molecular weight is 165 g/mol. The maximum atomic E-state index is 10.6. The van der Waals surface area contributed by atoms with Gasteiger partial charge in [0.2, 0.25) is 5.89 Å². The minimum Gasteiger partial charge on any atom is -0.340 e. The van der Waals surface area contributed by atoms with Crippen molar-refractivity contribution in [3.05, 3.63) is 11.7 Å². The zero-order valence-electron chi connectivity index (χ0n) is 6.50. The lowest BCUT2D eigenvalue weighted by atomic mass is 10.5. The monoisotopic (exact) mass is 165 g/mol. The summed E-state index contributed by atoms with van der Waals surface area (Å²) in [5, 5.41) is 5.95. The van der Waals surface area contributed by atoms with Crippen molar-refractivity contribution in [2.45, 2.75) is 13.5 Å². The van der Waals surface area contributed by atoms with Crippen molar-refractivity contribution in [2.75, 3.05) is 0 Å². The third kappa shape index (κ3) is 2.09. The summed E-state index contributed by atoms with van der Waals surface area (Å²) in [6.07, 6.45) is 4.82. The molecule has 0 aliphatic carbocycles. The van der Waals surface area contributed by atoms with Gasteiger partial charge in [-0.15, -0.1) is 6.42 Å². The molecular weight excluding hydrogens is 158 g/mol. The molecule has 1 amide bonds. The van der Waals surface area contributed by atoms with Crippen LogP contribution in [0.1, 0.15) is 11.7 Å². The lowest BCUT2D eigenvalue weighted by molar-refractivity contribution is -0.115. The van der Waals surface area contributed by atoms with Gasteiger partial charge in [-0.3, -0.25) is 4.79 Å². The molecule has 0 unspecified atom stereocenters. The molecule has 0 bridgehead atoms. The Kier molecular flexibility index (Phi) is 2.43. The molecular formula is C7H7N3O2. The van der Waals surface area contributed by atoms with Gasteiger partial charge >= 0.3 is 0 Å². The van der Waals surface area contributed by atoms with Crippen LogP contribution in [0.4, 0.5) is 0 Å². The first kappa shape index (κ1) is 8.27. The van der Waals surface area contributed by atoms with Crippen LogP contribution < -0.4 is 5.32 Å². The van der Waals surface area contributed by atoms with E-state index in [4.69, 9.17) is 6.42 Å². The second-order valence-electron chi connectivity index (χ2n) is 2.06. The van der Waals surface area contributed by atoms with Crippen molar-refractivity contribution in [3.8, 4) is 12.3 Å². The minimum absolute atomic E-state index is 0.195. The van der Waals surface area contributed by atoms with Crippen LogP contribution in [0.5, 0.6) is 0 Å². The second-order valence-corrected chi connectivity index (χ2v) is 2.06. The summed E-state index contributed by atoms with van der Waals surface area (Å²) in [5.41, 5.74) is 0. The van der Waals surface area contributed by atoms with Crippen molar-refractivity contribution in [1.82, 2.24) is 15.5 Å². The van der Waals surface area contributed by atoms with Crippen LogP contribution in [0.25, 0.3) is 0 Å². The van der Waals surface area contributed by atoms with Crippen LogP contribution in [-0.4, -0.2) is 16.0 Å². The van der Waals surface area contributed by atoms with E-state index in [2.05, 4.69) is 20.0 Å². The molecule has 1 rings (SSSR count). The SMILES string of the molecule is C#CC(=O)NCc1noc(C)n1. The van der Waals surface area contributed by atoms with E-state index in [1.54, 1.807) is 6.92 Å². The fraction of sp³-hybridized carbons (Fsp3) is 0.286. The highest BCUT2D eigenvalue weighted by Gasteiger charge is 2.02. The van der Waals surface area contributed by atoms with Gasteiger partial charge in [-0.1, -0.05) is 5.16 Å². The zero-order valence-corrected chi connectivity index (χ0v) is 6.50. The fourth-order valence-corrected chi connectivity index (χ4v) is 0.623. The summed E-state index contributed by atoms with van der Waals surface area (Å²) in [4.78, 5) is 14.4. The Labute approximate surface area is 69.2 Å². The van der Waals surface area contributed by atoms with Gasteiger partial charge in [-0.25, -0.2) is 0 Å². The molecule has 0 saturated carbocycles. The Morgan fingerprint density at radius 1 is 1.83 bits per heavy atom. The largest absolute Gasteiger partial charge is 0.340 e.